The Hall–Kier alpha value is -2.10. The summed E-state index contributed by atoms with van der Waals surface area (Å²) in [6.45, 7) is 3.75. The Morgan fingerprint density at radius 1 is 1.22 bits per heavy atom. The maximum atomic E-state index is 11.3. The molecule has 2 N–H and O–H groups in total. The Kier molecular flexibility index (Phi) is 4.66. The number of allylic oxidation sites excluding steroid dienone is 2. The molecule has 0 fully saturated rings. The first-order valence-electron chi connectivity index (χ1n) is 5.62. The number of hydrogen-bond donors (Lipinski definition) is 2. The Balaban J connectivity index is 3.18. The summed E-state index contributed by atoms with van der Waals surface area (Å²) in [7, 11) is 0. The average molecular weight is 248 g/mol. The summed E-state index contributed by atoms with van der Waals surface area (Å²) in [5.41, 5.74) is 1.40. The summed E-state index contributed by atoms with van der Waals surface area (Å²) >= 11 is 0. The maximum absolute atomic E-state index is 11.3. The minimum absolute atomic E-state index is 0.0482. The second-order valence-electron chi connectivity index (χ2n) is 4.30. The van der Waals surface area contributed by atoms with Crippen LogP contribution in [0.15, 0.2) is 35.9 Å². The molecular formula is C14H16O4. The number of hydrogen-bond acceptors (Lipinski definition) is 2. The molecule has 1 atom stereocenters. The van der Waals surface area contributed by atoms with Gasteiger partial charge in [-0.25, -0.2) is 4.79 Å². The molecule has 0 aliphatic carbocycles. The van der Waals surface area contributed by atoms with Crippen LogP contribution in [0.5, 0.6) is 0 Å². The Labute approximate surface area is 106 Å². The fourth-order valence-electron chi connectivity index (χ4n) is 1.71. The van der Waals surface area contributed by atoms with Gasteiger partial charge in [0.1, 0.15) is 0 Å². The van der Waals surface area contributed by atoms with Crippen LogP contribution in [0.1, 0.15) is 42.1 Å². The van der Waals surface area contributed by atoms with Gasteiger partial charge in [-0.3, -0.25) is 4.79 Å². The summed E-state index contributed by atoms with van der Waals surface area (Å²) < 4.78 is 0. The number of carboxylic acid groups (broad SMARTS) is 2. The summed E-state index contributed by atoms with van der Waals surface area (Å²) in [5.74, 6) is -2.94. The van der Waals surface area contributed by atoms with Gasteiger partial charge in [0.15, 0.2) is 0 Å². The first-order chi connectivity index (χ1) is 8.43. The molecule has 18 heavy (non-hydrogen) atoms. The molecule has 96 valence electrons. The summed E-state index contributed by atoms with van der Waals surface area (Å²) in [4.78, 5) is 22.3. The first-order valence-corrected chi connectivity index (χ1v) is 5.62. The van der Waals surface area contributed by atoms with E-state index in [2.05, 4.69) is 0 Å². The van der Waals surface area contributed by atoms with E-state index in [4.69, 9.17) is 5.11 Å². The third-order valence-electron chi connectivity index (χ3n) is 2.63. The molecule has 0 spiro atoms. The van der Waals surface area contributed by atoms with Crippen molar-refractivity contribution in [2.45, 2.75) is 26.2 Å². The highest BCUT2D eigenvalue weighted by Gasteiger charge is 2.23. The van der Waals surface area contributed by atoms with Crippen LogP contribution in [0.2, 0.25) is 0 Å². The van der Waals surface area contributed by atoms with Gasteiger partial charge < -0.3 is 10.2 Å². The van der Waals surface area contributed by atoms with Crippen LogP contribution in [0.3, 0.4) is 0 Å². The molecule has 0 saturated heterocycles. The van der Waals surface area contributed by atoms with Crippen LogP contribution >= 0.6 is 0 Å². The third kappa shape index (κ3) is 3.45. The van der Waals surface area contributed by atoms with Crippen molar-refractivity contribution >= 4 is 11.9 Å². The van der Waals surface area contributed by atoms with Crippen LogP contribution in [0.25, 0.3) is 0 Å². The van der Waals surface area contributed by atoms with E-state index < -0.39 is 17.9 Å². The van der Waals surface area contributed by atoms with Crippen LogP contribution in [-0.4, -0.2) is 22.2 Å². The minimum atomic E-state index is -1.10. The van der Waals surface area contributed by atoms with Crippen LogP contribution in [-0.2, 0) is 4.79 Å². The first kappa shape index (κ1) is 14.0. The fraction of sp³-hybridized carbons (Fsp3) is 0.286. The SMILES string of the molecule is CC(C)=CCC(C(=O)O)c1ccccc1C(=O)O. The van der Waals surface area contributed by atoms with Crippen molar-refractivity contribution in [3.63, 3.8) is 0 Å². The summed E-state index contributed by atoms with van der Waals surface area (Å²) in [6, 6.07) is 6.23. The van der Waals surface area contributed by atoms with E-state index in [1.54, 1.807) is 24.3 Å². The highest BCUT2D eigenvalue weighted by Crippen LogP contribution is 2.25. The molecule has 4 nitrogen and oxygen atoms in total. The van der Waals surface area contributed by atoms with E-state index in [1.807, 2.05) is 13.8 Å². The number of rotatable bonds is 5. The van der Waals surface area contributed by atoms with Crippen molar-refractivity contribution in [3.05, 3.63) is 47.0 Å². The molecule has 0 radical (unpaired) electrons. The van der Waals surface area contributed by atoms with Gasteiger partial charge in [-0.1, -0.05) is 29.8 Å². The van der Waals surface area contributed by atoms with Gasteiger partial charge in [0.05, 0.1) is 11.5 Å². The van der Waals surface area contributed by atoms with Gasteiger partial charge >= 0.3 is 11.9 Å². The molecule has 1 aromatic rings. The van der Waals surface area contributed by atoms with Crippen molar-refractivity contribution in [1.29, 1.82) is 0 Å². The van der Waals surface area contributed by atoms with E-state index in [1.165, 1.54) is 6.07 Å². The van der Waals surface area contributed by atoms with Crippen molar-refractivity contribution in [2.75, 3.05) is 0 Å². The number of carboxylic acids is 2. The van der Waals surface area contributed by atoms with E-state index in [0.29, 0.717) is 12.0 Å². The Bertz CT molecular complexity index is 484. The number of benzene rings is 1. The van der Waals surface area contributed by atoms with Crippen molar-refractivity contribution in [3.8, 4) is 0 Å². The van der Waals surface area contributed by atoms with Gasteiger partial charge in [0.25, 0.3) is 0 Å². The molecule has 4 heteroatoms. The average Bonchev–Trinajstić information content (AvgIpc) is 2.28. The van der Waals surface area contributed by atoms with Crippen LogP contribution in [0, 0.1) is 0 Å². The van der Waals surface area contributed by atoms with Crippen molar-refractivity contribution in [1.82, 2.24) is 0 Å². The molecule has 1 aromatic carbocycles. The Morgan fingerprint density at radius 3 is 2.33 bits per heavy atom. The predicted molar refractivity (Wildman–Crippen MR) is 67.8 cm³/mol. The van der Waals surface area contributed by atoms with Gasteiger partial charge in [-0.05, 0) is 31.9 Å². The minimum Gasteiger partial charge on any atom is -0.481 e. The second-order valence-corrected chi connectivity index (χ2v) is 4.30. The Morgan fingerprint density at radius 2 is 1.83 bits per heavy atom. The number of carbonyl (C=O) groups is 2. The second kappa shape index (κ2) is 6.00. The smallest absolute Gasteiger partial charge is 0.335 e. The van der Waals surface area contributed by atoms with E-state index in [-0.39, 0.29) is 5.56 Å². The standard InChI is InChI=1S/C14H16O4/c1-9(2)7-8-12(14(17)18)10-5-3-4-6-11(10)13(15)16/h3-7,12H,8H2,1-2H3,(H,15,16)(H,17,18). The van der Waals surface area contributed by atoms with Gasteiger partial charge in [0.2, 0.25) is 0 Å². The quantitative estimate of drug-likeness (QED) is 0.786. The maximum Gasteiger partial charge on any atom is 0.335 e. The van der Waals surface area contributed by atoms with Gasteiger partial charge in [-0.2, -0.15) is 0 Å². The molecule has 1 rings (SSSR count). The molecule has 0 saturated carbocycles. The monoisotopic (exact) mass is 248 g/mol. The molecule has 0 heterocycles. The molecule has 0 aliphatic rings. The number of aliphatic carboxylic acids is 1. The third-order valence-corrected chi connectivity index (χ3v) is 2.63. The van der Waals surface area contributed by atoms with E-state index in [0.717, 1.165) is 5.57 Å². The topological polar surface area (TPSA) is 74.6 Å². The fourth-order valence-corrected chi connectivity index (χ4v) is 1.71. The molecule has 0 amide bonds. The zero-order valence-electron chi connectivity index (χ0n) is 10.4. The lowest BCUT2D eigenvalue weighted by Gasteiger charge is -2.13. The van der Waals surface area contributed by atoms with Gasteiger partial charge in [-0.15, -0.1) is 0 Å². The van der Waals surface area contributed by atoms with Crippen molar-refractivity contribution < 1.29 is 19.8 Å². The lowest BCUT2D eigenvalue weighted by Crippen LogP contribution is -2.15. The largest absolute Gasteiger partial charge is 0.481 e. The highest BCUT2D eigenvalue weighted by atomic mass is 16.4. The molecule has 0 bridgehead atoms. The zero-order valence-corrected chi connectivity index (χ0v) is 10.4. The lowest BCUT2D eigenvalue weighted by molar-refractivity contribution is -0.138. The van der Waals surface area contributed by atoms with Crippen LogP contribution < -0.4 is 0 Å². The predicted octanol–water partition coefficient (Wildman–Crippen LogP) is 2.91. The molecule has 0 aliphatic heterocycles. The van der Waals surface area contributed by atoms with Gasteiger partial charge in [0, 0.05) is 0 Å². The zero-order chi connectivity index (χ0) is 13.7. The molecule has 1 unspecified atom stereocenters. The number of aromatic carboxylic acids is 1. The van der Waals surface area contributed by atoms with E-state index in [9.17, 15) is 14.7 Å². The molecular weight excluding hydrogens is 232 g/mol. The summed E-state index contributed by atoms with van der Waals surface area (Å²) in [6.07, 6.45) is 2.10. The van der Waals surface area contributed by atoms with Crippen LogP contribution in [0.4, 0.5) is 0 Å². The lowest BCUT2D eigenvalue weighted by atomic mass is 9.91. The summed E-state index contributed by atoms with van der Waals surface area (Å²) in [5, 5.41) is 18.3. The normalized spacial score (nSPS) is 11.7. The molecule has 0 aromatic heterocycles. The van der Waals surface area contributed by atoms with Crippen molar-refractivity contribution in [2.24, 2.45) is 0 Å². The highest BCUT2D eigenvalue weighted by molar-refractivity contribution is 5.92. The van der Waals surface area contributed by atoms with E-state index >= 15 is 0 Å².